The lowest BCUT2D eigenvalue weighted by Gasteiger charge is -2.42. The van der Waals surface area contributed by atoms with E-state index in [2.05, 4.69) is 51.0 Å². The highest BCUT2D eigenvalue weighted by molar-refractivity contribution is 7.15. The van der Waals surface area contributed by atoms with Gasteiger partial charge in [0.2, 0.25) is 17.8 Å². The number of benzene rings is 1. The molecule has 0 unspecified atom stereocenters. The van der Waals surface area contributed by atoms with E-state index in [1.165, 1.54) is 17.8 Å². The highest BCUT2D eigenvalue weighted by Gasteiger charge is 2.41. The van der Waals surface area contributed by atoms with Crippen molar-refractivity contribution in [2.45, 2.75) is 51.5 Å². The van der Waals surface area contributed by atoms with Crippen LogP contribution in [0, 0.1) is 13.8 Å². The van der Waals surface area contributed by atoms with Gasteiger partial charge in [0.1, 0.15) is 17.2 Å². The van der Waals surface area contributed by atoms with Crippen LogP contribution in [-0.2, 0) is 15.1 Å². The summed E-state index contributed by atoms with van der Waals surface area (Å²) in [5.41, 5.74) is 3.71. The first-order valence-corrected chi connectivity index (χ1v) is 19.7. The molecule has 8 rings (SSSR count). The van der Waals surface area contributed by atoms with Gasteiger partial charge in [0, 0.05) is 49.2 Å². The molecule has 0 radical (unpaired) electrons. The lowest BCUT2D eigenvalue weighted by Crippen LogP contribution is -2.52. The molecule has 4 amide bonds. The Morgan fingerprint density at radius 3 is 2.46 bits per heavy atom. The Balaban J connectivity index is 0.806. The van der Waals surface area contributed by atoms with Gasteiger partial charge in [0.25, 0.3) is 11.8 Å². The molecule has 0 atom stereocenters. The maximum atomic E-state index is 12.9. The van der Waals surface area contributed by atoms with E-state index < -0.39 is 5.91 Å². The second-order valence-corrected chi connectivity index (χ2v) is 15.8. The molecule has 56 heavy (non-hydrogen) atoms. The largest absolute Gasteiger partial charge is 0.368 e. The molecule has 5 aromatic rings. The maximum absolute atomic E-state index is 12.9. The molecule has 1 aliphatic carbocycles. The molecule has 2 fully saturated rings. The average molecular weight is 777 g/mol. The van der Waals surface area contributed by atoms with Crippen LogP contribution in [0.2, 0.25) is 0 Å². The molecule has 2 aliphatic heterocycles. The molecule has 16 nitrogen and oxygen atoms in total. The number of piperazine rings is 1. The van der Waals surface area contributed by atoms with Gasteiger partial charge in [0.05, 0.1) is 47.5 Å². The van der Waals surface area contributed by atoms with Gasteiger partial charge in [-0.2, -0.15) is 4.98 Å². The summed E-state index contributed by atoms with van der Waals surface area (Å²) in [5, 5.41) is 15.9. The maximum Gasteiger partial charge on any atom is 0.268 e. The topological polar surface area (TPSA) is 191 Å². The van der Waals surface area contributed by atoms with E-state index in [1.54, 1.807) is 30.5 Å². The Labute approximate surface area is 327 Å². The molecule has 17 heteroatoms. The summed E-state index contributed by atoms with van der Waals surface area (Å²) in [7, 11) is 0. The van der Waals surface area contributed by atoms with Crippen molar-refractivity contribution in [1.29, 1.82) is 0 Å². The minimum Gasteiger partial charge on any atom is -0.368 e. The Morgan fingerprint density at radius 1 is 0.911 bits per heavy atom. The first-order valence-electron chi connectivity index (χ1n) is 18.9. The molecule has 0 bridgehead atoms. The standard InChI is InChI=1S/C39H44N12O4S/c1-24-25(2)56-38(44-24)48-35(54)28-8-4-5-9-29(28)45-32(52)21-41-33(53)22-49-14-16-50(17-15-49)27-10-11-31(40-20-27)46-37-42-19-26-18-30-36(55)43-23-39(12-6-3-7-13-39)51(30)34(26)47-37/h4-5,8-11,18-20H,3,6-7,12-17,21-23H2,1-2H3,(H,41,53)(H,43,55)(H,45,52)(H,44,48,54)(H,40,42,46,47). The Hall–Kier alpha value is -5.94. The monoisotopic (exact) mass is 776 g/mol. The molecule has 5 N–H and O–H groups in total. The van der Waals surface area contributed by atoms with Gasteiger partial charge in [-0.05, 0) is 57.0 Å². The number of hydrogen-bond donors (Lipinski definition) is 5. The summed E-state index contributed by atoms with van der Waals surface area (Å²) in [5.74, 6) is -0.127. The zero-order valence-electron chi connectivity index (χ0n) is 31.4. The van der Waals surface area contributed by atoms with Crippen molar-refractivity contribution in [3.05, 3.63) is 76.7 Å². The number of nitrogens with one attached hydrogen (secondary N) is 5. The zero-order chi connectivity index (χ0) is 38.8. The van der Waals surface area contributed by atoms with Crippen LogP contribution < -0.4 is 31.5 Å². The average Bonchev–Trinajstić information content (AvgIpc) is 3.75. The zero-order valence-corrected chi connectivity index (χ0v) is 32.2. The minimum atomic E-state index is -0.437. The minimum absolute atomic E-state index is 0.0735. The number of fused-ring (bicyclic) bond motifs is 4. The number of para-hydroxylation sites is 1. The summed E-state index contributed by atoms with van der Waals surface area (Å²) in [6, 6.07) is 12.5. The van der Waals surface area contributed by atoms with Crippen LogP contribution in [0.3, 0.4) is 0 Å². The third-order valence-corrected chi connectivity index (χ3v) is 11.8. The summed E-state index contributed by atoms with van der Waals surface area (Å²) >= 11 is 1.39. The van der Waals surface area contributed by atoms with E-state index >= 15 is 0 Å². The molecule has 290 valence electrons. The second kappa shape index (κ2) is 15.7. The van der Waals surface area contributed by atoms with E-state index in [-0.39, 0.29) is 36.3 Å². The lowest BCUT2D eigenvalue weighted by molar-refractivity contribution is -0.125. The van der Waals surface area contributed by atoms with Crippen LogP contribution in [0.4, 0.5) is 28.3 Å². The first-order chi connectivity index (χ1) is 27.1. The summed E-state index contributed by atoms with van der Waals surface area (Å²) in [6.45, 7) is 7.10. The van der Waals surface area contributed by atoms with Crippen molar-refractivity contribution < 1.29 is 19.2 Å². The van der Waals surface area contributed by atoms with Crippen molar-refractivity contribution in [3.8, 4) is 0 Å². The van der Waals surface area contributed by atoms with Crippen LogP contribution in [0.25, 0.3) is 11.0 Å². The number of thiazole rings is 1. The molecule has 1 aromatic carbocycles. The van der Waals surface area contributed by atoms with Crippen LogP contribution >= 0.6 is 11.3 Å². The fourth-order valence-corrected chi connectivity index (χ4v) is 8.57. The third-order valence-electron chi connectivity index (χ3n) is 10.8. The Morgan fingerprint density at radius 2 is 1.71 bits per heavy atom. The fourth-order valence-electron chi connectivity index (χ4n) is 7.76. The van der Waals surface area contributed by atoms with Crippen molar-refractivity contribution in [1.82, 2.24) is 40.0 Å². The normalized spacial score (nSPS) is 16.6. The number of hydrogen-bond acceptors (Lipinski definition) is 12. The van der Waals surface area contributed by atoms with Gasteiger partial charge in [-0.15, -0.1) is 11.3 Å². The highest BCUT2D eigenvalue weighted by Crippen LogP contribution is 2.40. The predicted octanol–water partition coefficient (Wildman–Crippen LogP) is 4.18. The number of rotatable bonds is 10. The SMILES string of the molecule is Cc1nc(NC(=O)c2ccccc2NC(=O)CNC(=O)CN2CCN(c3ccc(Nc4ncc5cc6n(c5n4)C4(CCCCC4)CNC6=O)nc3)CC2)sc1C. The number of carbonyl (C=O) groups excluding carboxylic acids is 4. The van der Waals surface area contributed by atoms with E-state index in [0.717, 1.165) is 53.0 Å². The van der Waals surface area contributed by atoms with E-state index in [0.29, 0.717) is 66.6 Å². The molecule has 1 saturated heterocycles. The summed E-state index contributed by atoms with van der Waals surface area (Å²) in [4.78, 5) is 74.9. The first kappa shape index (κ1) is 37.0. The number of nitrogens with zero attached hydrogens (tertiary/aromatic N) is 7. The molecule has 3 aliphatic rings. The highest BCUT2D eigenvalue weighted by atomic mass is 32.1. The number of pyridine rings is 1. The van der Waals surface area contributed by atoms with Crippen LogP contribution in [-0.4, -0.2) is 98.8 Å². The molecule has 6 heterocycles. The van der Waals surface area contributed by atoms with E-state index in [1.807, 2.05) is 43.1 Å². The van der Waals surface area contributed by atoms with Crippen molar-refractivity contribution >= 4 is 74.3 Å². The summed E-state index contributed by atoms with van der Waals surface area (Å²) in [6.07, 6.45) is 9.05. The van der Waals surface area contributed by atoms with Crippen molar-refractivity contribution in [2.75, 3.05) is 66.7 Å². The van der Waals surface area contributed by atoms with Gasteiger partial charge >= 0.3 is 0 Å². The quantitative estimate of drug-likeness (QED) is 0.137. The van der Waals surface area contributed by atoms with Gasteiger partial charge < -0.3 is 30.7 Å². The lowest BCUT2D eigenvalue weighted by atomic mass is 9.80. The van der Waals surface area contributed by atoms with Gasteiger partial charge in [-0.25, -0.2) is 15.0 Å². The number of carbonyl (C=O) groups is 4. The predicted molar refractivity (Wildman–Crippen MR) is 215 cm³/mol. The third kappa shape index (κ3) is 7.77. The van der Waals surface area contributed by atoms with Crippen molar-refractivity contribution in [3.63, 3.8) is 0 Å². The molecule has 4 aromatic heterocycles. The van der Waals surface area contributed by atoms with Crippen molar-refractivity contribution in [2.24, 2.45) is 0 Å². The van der Waals surface area contributed by atoms with Gasteiger partial charge in [-0.3, -0.25) is 29.4 Å². The molecule has 1 spiro atoms. The van der Waals surface area contributed by atoms with Crippen LogP contribution in [0.15, 0.2) is 54.9 Å². The second-order valence-electron chi connectivity index (χ2n) is 14.6. The van der Waals surface area contributed by atoms with Crippen LogP contribution in [0.1, 0.15) is 63.5 Å². The Kier molecular flexibility index (Phi) is 10.3. The van der Waals surface area contributed by atoms with Gasteiger partial charge in [-0.1, -0.05) is 31.4 Å². The Bertz CT molecular complexity index is 2270. The fraction of sp³-hybridized carbons (Fsp3) is 0.385. The van der Waals surface area contributed by atoms with Gasteiger partial charge in [0.15, 0.2) is 5.13 Å². The number of amides is 4. The smallest absolute Gasteiger partial charge is 0.268 e. The number of aromatic nitrogens is 5. The number of anilines is 5. The number of aryl methyl sites for hydroxylation is 2. The molecular formula is C39H44N12O4S. The van der Waals surface area contributed by atoms with E-state index in [4.69, 9.17) is 4.98 Å². The van der Waals surface area contributed by atoms with E-state index in [9.17, 15) is 19.2 Å². The molecule has 1 saturated carbocycles. The van der Waals surface area contributed by atoms with Crippen LogP contribution in [0.5, 0.6) is 0 Å². The molecular weight excluding hydrogens is 733 g/mol. The summed E-state index contributed by atoms with van der Waals surface area (Å²) < 4.78 is 2.15.